The van der Waals surface area contributed by atoms with Crippen molar-refractivity contribution in [2.75, 3.05) is 0 Å². The Labute approximate surface area is 121 Å². The maximum absolute atomic E-state index is 4.69. The zero-order valence-electron chi connectivity index (χ0n) is 10.5. The molecule has 0 aliphatic rings. The van der Waals surface area contributed by atoms with Crippen LogP contribution in [0.25, 0.3) is 32.3 Å². The van der Waals surface area contributed by atoms with Crippen LogP contribution in [0.2, 0.25) is 0 Å². The molecule has 1 aromatic heterocycles. The van der Waals surface area contributed by atoms with Gasteiger partial charge in [-0.3, -0.25) is 0 Å². The van der Waals surface area contributed by atoms with E-state index in [2.05, 4.69) is 55.5 Å². The van der Waals surface area contributed by atoms with E-state index in [1.54, 1.807) is 11.3 Å². The van der Waals surface area contributed by atoms with E-state index in [0.717, 1.165) is 4.21 Å². The summed E-state index contributed by atoms with van der Waals surface area (Å²) in [5.41, 5.74) is 0. The monoisotopic (exact) mass is 280 g/mol. The Balaban J connectivity index is 2.49. The van der Waals surface area contributed by atoms with Gasteiger partial charge in [0.1, 0.15) is 0 Å². The Hall–Kier alpha value is -1.51. The van der Waals surface area contributed by atoms with Crippen molar-refractivity contribution in [1.82, 2.24) is 0 Å². The van der Waals surface area contributed by atoms with Crippen LogP contribution >= 0.6 is 24.0 Å². The molecule has 92 valence electrons. The van der Waals surface area contributed by atoms with Gasteiger partial charge in [-0.2, -0.15) is 0 Å². The van der Waals surface area contributed by atoms with E-state index in [9.17, 15) is 0 Å². The Morgan fingerprint density at radius 3 is 1.79 bits per heavy atom. The maximum atomic E-state index is 4.69. The standard InChI is InChI=1S/C17H12S2/c1-10-15-13-8-4-2-6-11(13)12-7-3-5-9-14(12)16(15)17(18)19-10/h2-9,18H,1H3. The fourth-order valence-corrected chi connectivity index (χ4v) is 4.54. The lowest BCUT2D eigenvalue weighted by Gasteiger charge is -2.08. The molecule has 0 amide bonds. The number of aryl methyl sites for hydroxylation is 1. The van der Waals surface area contributed by atoms with Crippen LogP contribution in [-0.2, 0) is 0 Å². The molecule has 0 nitrogen and oxygen atoms in total. The highest BCUT2D eigenvalue weighted by atomic mass is 32.2. The lowest BCUT2D eigenvalue weighted by atomic mass is 9.96. The molecule has 19 heavy (non-hydrogen) atoms. The largest absolute Gasteiger partial charge is 0.133 e. The molecule has 0 N–H and O–H groups in total. The summed E-state index contributed by atoms with van der Waals surface area (Å²) in [6, 6.07) is 17.3. The third kappa shape index (κ3) is 1.47. The third-order valence-electron chi connectivity index (χ3n) is 3.75. The first-order chi connectivity index (χ1) is 9.27. The van der Waals surface area contributed by atoms with Crippen LogP contribution in [0.1, 0.15) is 4.88 Å². The molecule has 1 heterocycles. The Morgan fingerprint density at radius 1 is 0.737 bits per heavy atom. The van der Waals surface area contributed by atoms with Crippen molar-refractivity contribution in [3.8, 4) is 0 Å². The van der Waals surface area contributed by atoms with Gasteiger partial charge < -0.3 is 0 Å². The molecule has 4 rings (SSSR count). The number of thiophene rings is 1. The second-order valence-corrected chi connectivity index (χ2v) is 6.78. The van der Waals surface area contributed by atoms with E-state index in [-0.39, 0.29) is 0 Å². The molecule has 4 aromatic rings. The summed E-state index contributed by atoms with van der Waals surface area (Å²) in [4.78, 5) is 1.35. The maximum Gasteiger partial charge on any atom is 0.0656 e. The molecule has 0 spiro atoms. The van der Waals surface area contributed by atoms with E-state index in [1.807, 2.05) is 0 Å². The van der Waals surface area contributed by atoms with Crippen molar-refractivity contribution in [2.24, 2.45) is 0 Å². The van der Waals surface area contributed by atoms with Crippen LogP contribution in [0, 0.1) is 6.92 Å². The van der Waals surface area contributed by atoms with Gasteiger partial charge >= 0.3 is 0 Å². The number of fused-ring (bicyclic) bond motifs is 6. The quantitative estimate of drug-likeness (QED) is 0.305. The topological polar surface area (TPSA) is 0 Å². The number of hydrogen-bond acceptors (Lipinski definition) is 2. The van der Waals surface area contributed by atoms with Gasteiger partial charge in [-0.05, 0) is 28.5 Å². The summed E-state index contributed by atoms with van der Waals surface area (Å²) in [6.45, 7) is 2.19. The van der Waals surface area contributed by atoms with Gasteiger partial charge in [-0.1, -0.05) is 48.5 Å². The van der Waals surface area contributed by atoms with Gasteiger partial charge in [0.25, 0.3) is 0 Å². The van der Waals surface area contributed by atoms with Crippen molar-refractivity contribution in [3.63, 3.8) is 0 Å². The zero-order chi connectivity index (χ0) is 13.0. The van der Waals surface area contributed by atoms with Gasteiger partial charge in [0.2, 0.25) is 0 Å². The highest BCUT2D eigenvalue weighted by Gasteiger charge is 2.14. The minimum Gasteiger partial charge on any atom is -0.133 e. The number of thiol groups is 1. The summed E-state index contributed by atoms with van der Waals surface area (Å²) in [5.74, 6) is 0. The van der Waals surface area contributed by atoms with E-state index in [1.165, 1.54) is 37.2 Å². The summed E-state index contributed by atoms with van der Waals surface area (Å²) in [6.07, 6.45) is 0. The second kappa shape index (κ2) is 3.99. The fourth-order valence-electron chi connectivity index (χ4n) is 2.98. The number of benzene rings is 3. The zero-order valence-corrected chi connectivity index (χ0v) is 12.2. The molecule has 0 radical (unpaired) electrons. The first-order valence-corrected chi connectivity index (χ1v) is 7.55. The molecule has 0 bridgehead atoms. The molecule has 0 saturated heterocycles. The summed E-state index contributed by atoms with van der Waals surface area (Å²) >= 11 is 6.47. The molecular weight excluding hydrogens is 268 g/mol. The van der Waals surface area contributed by atoms with Gasteiger partial charge in [0.15, 0.2) is 0 Å². The van der Waals surface area contributed by atoms with Crippen LogP contribution in [0.5, 0.6) is 0 Å². The molecular formula is C17H12S2. The fraction of sp³-hybridized carbons (Fsp3) is 0.0588. The Bertz CT molecular complexity index is 856. The van der Waals surface area contributed by atoms with Crippen LogP contribution in [0.15, 0.2) is 52.7 Å². The summed E-state index contributed by atoms with van der Waals surface area (Å²) in [5, 5.41) is 7.97. The van der Waals surface area contributed by atoms with E-state index >= 15 is 0 Å². The first kappa shape index (κ1) is 11.3. The van der Waals surface area contributed by atoms with Crippen LogP contribution in [0.4, 0.5) is 0 Å². The van der Waals surface area contributed by atoms with Crippen molar-refractivity contribution in [2.45, 2.75) is 11.1 Å². The SMILES string of the molecule is Cc1sc(S)c2c3ccccc3c3ccccc3c12. The first-order valence-electron chi connectivity index (χ1n) is 6.29. The number of hydrogen-bond donors (Lipinski definition) is 1. The molecule has 0 aliphatic carbocycles. The predicted octanol–water partition coefficient (Wildman–Crippen LogP) is 5.80. The highest BCUT2D eigenvalue weighted by Crippen LogP contribution is 2.43. The lowest BCUT2D eigenvalue weighted by Crippen LogP contribution is -1.81. The van der Waals surface area contributed by atoms with Crippen LogP contribution in [-0.4, -0.2) is 0 Å². The summed E-state index contributed by atoms with van der Waals surface area (Å²) < 4.78 is 1.12. The van der Waals surface area contributed by atoms with Crippen molar-refractivity contribution < 1.29 is 0 Å². The molecule has 0 atom stereocenters. The van der Waals surface area contributed by atoms with E-state index in [4.69, 9.17) is 12.6 Å². The molecule has 0 unspecified atom stereocenters. The van der Waals surface area contributed by atoms with Crippen LogP contribution in [0.3, 0.4) is 0 Å². The second-order valence-electron chi connectivity index (χ2n) is 4.80. The minimum absolute atomic E-state index is 1.12. The van der Waals surface area contributed by atoms with Crippen LogP contribution < -0.4 is 0 Å². The van der Waals surface area contributed by atoms with Crippen molar-refractivity contribution >= 4 is 56.3 Å². The molecule has 0 saturated carbocycles. The normalized spacial score (nSPS) is 11.7. The van der Waals surface area contributed by atoms with Crippen molar-refractivity contribution in [3.05, 3.63) is 53.4 Å². The predicted molar refractivity (Wildman–Crippen MR) is 88.8 cm³/mol. The number of rotatable bonds is 0. The average Bonchev–Trinajstić information content (AvgIpc) is 2.75. The minimum atomic E-state index is 1.12. The smallest absolute Gasteiger partial charge is 0.0656 e. The lowest BCUT2D eigenvalue weighted by molar-refractivity contribution is 1.70. The van der Waals surface area contributed by atoms with Gasteiger partial charge in [-0.25, -0.2) is 0 Å². The Kier molecular flexibility index (Phi) is 2.38. The Morgan fingerprint density at radius 2 is 1.21 bits per heavy atom. The molecule has 0 fully saturated rings. The third-order valence-corrected chi connectivity index (χ3v) is 5.15. The molecule has 3 aromatic carbocycles. The highest BCUT2D eigenvalue weighted by molar-refractivity contribution is 7.83. The van der Waals surface area contributed by atoms with Crippen molar-refractivity contribution in [1.29, 1.82) is 0 Å². The average molecular weight is 280 g/mol. The van der Waals surface area contributed by atoms with E-state index < -0.39 is 0 Å². The van der Waals surface area contributed by atoms with Gasteiger partial charge in [0.05, 0.1) is 4.21 Å². The van der Waals surface area contributed by atoms with Gasteiger partial charge in [-0.15, -0.1) is 24.0 Å². The molecule has 0 aliphatic heterocycles. The van der Waals surface area contributed by atoms with Gasteiger partial charge in [0, 0.05) is 15.6 Å². The molecule has 2 heteroatoms. The van der Waals surface area contributed by atoms with E-state index in [0.29, 0.717) is 0 Å². The summed E-state index contributed by atoms with van der Waals surface area (Å²) in [7, 11) is 0.